The number of carbonyl (C=O) groups is 4. The first kappa shape index (κ1) is 34.0. The maximum atomic E-state index is 13.6. The van der Waals surface area contributed by atoms with Gasteiger partial charge in [-0.15, -0.1) is 11.8 Å². The number of hydrogen-bond donors (Lipinski definition) is 5. The van der Waals surface area contributed by atoms with Crippen molar-refractivity contribution < 1.29 is 34.1 Å². The molecular weight excluding hydrogens is 642 g/mol. The van der Waals surface area contributed by atoms with Crippen molar-refractivity contribution >= 4 is 52.9 Å². The maximum absolute atomic E-state index is 13.6. The van der Waals surface area contributed by atoms with Gasteiger partial charge in [0.1, 0.15) is 28.0 Å². The summed E-state index contributed by atoms with van der Waals surface area (Å²) in [6, 6.07) is 35.3. The minimum atomic E-state index is -1.33. The fraction of sp³-hybridized carbons (Fsp3) is 0.0526. The van der Waals surface area contributed by atoms with E-state index in [4.69, 9.17) is 4.74 Å². The van der Waals surface area contributed by atoms with Crippen molar-refractivity contribution in [3.05, 3.63) is 155 Å². The minimum Gasteiger partial charge on any atom is -0.507 e. The van der Waals surface area contributed by atoms with E-state index < -0.39 is 34.7 Å². The summed E-state index contributed by atoms with van der Waals surface area (Å²) in [6.07, 6.45) is 1.55. The Morgan fingerprint density at radius 1 is 0.755 bits per heavy atom. The predicted molar refractivity (Wildman–Crippen MR) is 189 cm³/mol. The van der Waals surface area contributed by atoms with E-state index in [1.165, 1.54) is 37.1 Å². The molecule has 0 saturated heterocycles. The monoisotopic (exact) mass is 673 g/mol. The van der Waals surface area contributed by atoms with Crippen LogP contribution in [0.4, 0.5) is 11.4 Å². The Labute approximate surface area is 286 Å². The Kier molecular flexibility index (Phi) is 11.1. The third kappa shape index (κ3) is 9.15. The number of carbonyl (C=O) groups excluding carboxylic acids is 3. The molecule has 11 heteroatoms. The average Bonchev–Trinajstić information content (AvgIpc) is 3.12. The van der Waals surface area contributed by atoms with E-state index in [9.17, 15) is 29.4 Å². The van der Waals surface area contributed by atoms with Gasteiger partial charge in [0.25, 0.3) is 11.8 Å². The molecule has 5 rings (SSSR count). The van der Waals surface area contributed by atoms with Crippen molar-refractivity contribution in [1.82, 2.24) is 5.32 Å². The van der Waals surface area contributed by atoms with Crippen LogP contribution in [0.5, 0.6) is 11.5 Å². The second-order valence-corrected chi connectivity index (χ2v) is 11.8. The molecular formula is C38H31N3O7S. The van der Waals surface area contributed by atoms with Crippen LogP contribution in [-0.4, -0.2) is 41.0 Å². The third-order valence-corrected chi connectivity index (χ3v) is 8.36. The molecule has 0 heterocycles. The molecule has 0 bridgehead atoms. The number of carboxylic acid groups (broad SMARTS) is 1. The van der Waals surface area contributed by atoms with E-state index >= 15 is 0 Å². The Bertz CT molecular complexity index is 2020. The van der Waals surface area contributed by atoms with Crippen molar-refractivity contribution in [3.8, 4) is 11.5 Å². The fourth-order valence-electron chi connectivity index (χ4n) is 4.72. The second kappa shape index (κ2) is 16.0. The molecule has 49 heavy (non-hydrogen) atoms. The van der Waals surface area contributed by atoms with Crippen LogP contribution >= 0.6 is 11.8 Å². The summed E-state index contributed by atoms with van der Waals surface area (Å²) in [5.74, 6) is -2.64. The highest BCUT2D eigenvalue weighted by Gasteiger charge is 2.24. The van der Waals surface area contributed by atoms with Crippen molar-refractivity contribution in [2.75, 3.05) is 17.7 Å². The maximum Gasteiger partial charge on any atom is 0.339 e. The van der Waals surface area contributed by atoms with E-state index in [1.807, 2.05) is 6.07 Å². The Morgan fingerprint density at radius 2 is 1.45 bits per heavy atom. The highest BCUT2D eigenvalue weighted by Crippen LogP contribution is 2.37. The number of aromatic hydroxyl groups is 1. The molecule has 0 aromatic heterocycles. The van der Waals surface area contributed by atoms with Crippen LogP contribution in [0.25, 0.3) is 6.08 Å². The first-order valence-electron chi connectivity index (χ1n) is 14.9. The van der Waals surface area contributed by atoms with Gasteiger partial charge >= 0.3 is 5.97 Å². The van der Waals surface area contributed by atoms with Gasteiger partial charge in [0.2, 0.25) is 5.91 Å². The zero-order valence-corrected chi connectivity index (χ0v) is 26.9. The lowest BCUT2D eigenvalue weighted by Gasteiger charge is -2.18. The fourth-order valence-corrected chi connectivity index (χ4v) is 5.80. The van der Waals surface area contributed by atoms with Gasteiger partial charge in [0, 0.05) is 21.8 Å². The van der Waals surface area contributed by atoms with Crippen molar-refractivity contribution in [2.24, 2.45) is 0 Å². The zero-order valence-electron chi connectivity index (χ0n) is 26.1. The molecule has 10 nitrogen and oxygen atoms in total. The standard InChI is InChI=1S/C38H31N3O7S/c1-48-29-16-8-10-24(20-29)21-32(41-35(43)26-13-6-3-7-14-26)36(44)39-27-15-9-17-30(22-27)49-34(25-11-4-2-5-12-25)37(45)40-28-18-19-33(42)31(23-28)38(46)47/h2-23,34,42H,1H3,(H,39,44)(H,40,45)(H,41,43)(H,46,47)/b32-21-. The highest BCUT2D eigenvalue weighted by molar-refractivity contribution is 8.00. The number of amides is 3. The third-order valence-electron chi connectivity index (χ3n) is 7.11. The molecule has 0 fully saturated rings. The molecule has 5 N–H and O–H groups in total. The van der Waals surface area contributed by atoms with Gasteiger partial charge in [-0.05, 0) is 77.9 Å². The molecule has 3 amide bonds. The molecule has 0 aliphatic carbocycles. The van der Waals surface area contributed by atoms with Gasteiger partial charge in [0.05, 0.1) is 7.11 Å². The average molecular weight is 674 g/mol. The van der Waals surface area contributed by atoms with Gasteiger partial charge in [-0.1, -0.05) is 66.7 Å². The molecule has 0 radical (unpaired) electrons. The summed E-state index contributed by atoms with van der Waals surface area (Å²) in [7, 11) is 1.53. The first-order chi connectivity index (χ1) is 23.7. The second-order valence-electron chi connectivity index (χ2n) is 10.6. The normalized spacial score (nSPS) is 11.6. The molecule has 5 aromatic carbocycles. The molecule has 0 saturated carbocycles. The summed E-state index contributed by atoms with van der Waals surface area (Å²) < 4.78 is 5.31. The number of nitrogens with one attached hydrogen (secondary N) is 3. The van der Waals surface area contributed by atoms with Crippen molar-refractivity contribution in [1.29, 1.82) is 0 Å². The smallest absolute Gasteiger partial charge is 0.339 e. The number of rotatable bonds is 12. The molecule has 1 atom stereocenters. The zero-order chi connectivity index (χ0) is 34.8. The summed E-state index contributed by atoms with van der Waals surface area (Å²) >= 11 is 1.22. The Morgan fingerprint density at radius 3 is 2.16 bits per heavy atom. The SMILES string of the molecule is COc1cccc(/C=C(\NC(=O)c2ccccc2)C(=O)Nc2cccc(SC(C(=O)Nc3ccc(O)c(C(=O)O)c3)c3ccccc3)c2)c1. The summed E-state index contributed by atoms with van der Waals surface area (Å²) in [5, 5.41) is 26.8. The lowest BCUT2D eigenvalue weighted by Crippen LogP contribution is -2.30. The Balaban J connectivity index is 1.39. The van der Waals surface area contributed by atoms with Crippen LogP contribution in [0, 0.1) is 0 Å². The van der Waals surface area contributed by atoms with Crippen LogP contribution in [-0.2, 0) is 9.59 Å². The lowest BCUT2D eigenvalue weighted by molar-refractivity contribution is -0.116. The molecule has 0 aliphatic rings. The quantitative estimate of drug-likeness (QED) is 0.0540. The topological polar surface area (TPSA) is 154 Å². The largest absolute Gasteiger partial charge is 0.507 e. The number of ether oxygens (including phenoxy) is 1. The van der Waals surface area contributed by atoms with Gasteiger partial charge in [-0.3, -0.25) is 14.4 Å². The number of anilines is 2. The predicted octanol–water partition coefficient (Wildman–Crippen LogP) is 6.98. The van der Waals surface area contributed by atoms with Crippen LogP contribution in [0.2, 0.25) is 0 Å². The number of benzene rings is 5. The van der Waals surface area contributed by atoms with Gasteiger partial charge in [0.15, 0.2) is 0 Å². The van der Waals surface area contributed by atoms with Crippen LogP contribution in [0.3, 0.4) is 0 Å². The van der Waals surface area contributed by atoms with Crippen LogP contribution in [0.1, 0.15) is 37.1 Å². The van der Waals surface area contributed by atoms with Crippen molar-refractivity contribution in [3.63, 3.8) is 0 Å². The number of thioether (sulfide) groups is 1. The van der Waals surface area contributed by atoms with Gasteiger partial charge in [-0.25, -0.2) is 4.79 Å². The van der Waals surface area contributed by atoms with Crippen molar-refractivity contribution in [2.45, 2.75) is 10.1 Å². The molecule has 5 aromatic rings. The lowest BCUT2D eigenvalue weighted by atomic mass is 10.1. The van der Waals surface area contributed by atoms with E-state index in [0.29, 0.717) is 33.0 Å². The highest BCUT2D eigenvalue weighted by atomic mass is 32.2. The molecule has 246 valence electrons. The van der Waals surface area contributed by atoms with Gasteiger partial charge in [-0.2, -0.15) is 0 Å². The number of methoxy groups -OCH3 is 1. The Hall–Kier alpha value is -6.33. The number of hydrogen-bond acceptors (Lipinski definition) is 7. The summed E-state index contributed by atoms with van der Waals surface area (Å²) in [4.78, 5) is 52.5. The first-order valence-corrected chi connectivity index (χ1v) is 15.8. The molecule has 0 aliphatic heterocycles. The van der Waals surface area contributed by atoms with E-state index in [2.05, 4.69) is 16.0 Å². The number of phenols is 1. The minimum absolute atomic E-state index is 0.00340. The summed E-state index contributed by atoms with van der Waals surface area (Å²) in [6.45, 7) is 0. The van der Waals surface area contributed by atoms with Crippen LogP contribution in [0.15, 0.2) is 138 Å². The van der Waals surface area contributed by atoms with E-state index in [0.717, 1.165) is 0 Å². The number of carboxylic acids is 1. The van der Waals surface area contributed by atoms with E-state index in [1.54, 1.807) is 109 Å². The molecule has 1 unspecified atom stereocenters. The van der Waals surface area contributed by atoms with E-state index in [-0.39, 0.29) is 16.9 Å². The van der Waals surface area contributed by atoms with Crippen LogP contribution < -0.4 is 20.7 Å². The van der Waals surface area contributed by atoms with Gasteiger partial charge < -0.3 is 30.9 Å². The summed E-state index contributed by atoms with van der Waals surface area (Å²) in [5.41, 5.74) is 1.96. The number of aromatic carboxylic acids is 1. The molecule has 0 spiro atoms.